The van der Waals surface area contributed by atoms with Gasteiger partial charge in [-0.05, 0) is 18.1 Å². The van der Waals surface area contributed by atoms with E-state index in [1.807, 2.05) is 6.07 Å². The molecule has 0 bridgehead atoms. The summed E-state index contributed by atoms with van der Waals surface area (Å²) in [4.78, 5) is 10.4. The SMILES string of the molecule is O=Cc1ccc(CC2CCCCC2)o1. The number of hydrogen-bond donors (Lipinski definition) is 0. The van der Waals surface area contributed by atoms with E-state index in [-0.39, 0.29) is 0 Å². The molecule has 1 aliphatic carbocycles. The van der Waals surface area contributed by atoms with Crippen LogP contribution in [-0.2, 0) is 6.42 Å². The highest BCUT2D eigenvalue weighted by Gasteiger charge is 2.15. The molecule has 0 aromatic carbocycles. The minimum Gasteiger partial charge on any atom is -0.458 e. The summed E-state index contributed by atoms with van der Waals surface area (Å²) in [7, 11) is 0. The second kappa shape index (κ2) is 4.45. The molecule has 0 N–H and O–H groups in total. The van der Waals surface area contributed by atoms with Crippen molar-refractivity contribution in [3.63, 3.8) is 0 Å². The summed E-state index contributed by atoms with van der Waals surface area (Å²) in [5.74, 6) is 2.20. The first-order valence-electron chi connectivity index (χ1n) is 5.42. The third-order valence-electron chi connectivity index (χ3n) is 3.01. The normalized spacial score (nSPS) is 18.3. The van der Waals surface area contributed by atoms with Gasteiger partial charge in [-0.2, -0.15) is 0 Å². The van der Waals surface area contributed by atoms with Crippen molar-refractivity contribution in [2.75, 3.05) is 0 Å². The molecular weight excluding hydrogens is 176 g/mol. The number of furan rings is 1. The Hall–Kier alpha value is -1.05. The summed E-state index contributed by atoms with van der Waals surface area (Å²) in [5, 5.41) is 0. The van der Waals surface area contributed by atoms with Gasteiger partial charge in [-0.25, -0.2) is 0 Å². The van der Waals surface area contributed by atoms with Crippen LogP contribution in [0.5, 0.6) is 0 Å². The largest absolute Gasteiger partial charge is 0.458 e. The molecule has 1 saturated carbocycles. The van der Waals surface area contributed by atoms with E-state index < -0.39 is 0 Å². The average molecular weight is 192 g/mol. The average Bonchev–Trinajstić information content (AvgIpc) is 2.67. The monoisotopic (exact) mass is 192 g/mol. The van der Waals surface area contributed by atoms with Crippen molar-refractivity contribution in [2.45, 2.75) is 38.5 Å². The van der Waals surface area contributed by atoms with Gasteiger partial charge < -0.3 is 4.42 Å². The van der Waals surface area contributed by atoms with Gasteiger partial charge in [-0.1, -0.05) is 32.1 Å². The number of carbonyl (C=O) groups excluding carboxylic acids is 1. The van der Waals surface area contributed by atoms with Gasteiger partial charge in [0.25, 0.3) is 0 Å². The molecule has 0 radical (unpaired) electrons. The lowest BCUT2D eigenvalue weighted by Gasteiger charge is -2.20. The van der Waals surface area contributed by atoms with E-state index >= 15 is 0 Å². The molecule has 14 heavy (non-hydrogen) atoms. The number of aldehydes is 1. The lowest BCUT2D eigenvalue weighted by atomic mass is 9.86. The van der Waals surface area contributed by atoms with E-state index in [0.29, 0.717) is 5.76 Å². The van der Waals surface area contributed by atoms with Gasteiger partial charge in [-0.15, -0.1) is 0 Å². The van der Waals surface area contributed by atoms with Crippen LogP contribution in [0, 0.1) is 5.92 Å². The number of hydrogen-bond acceptors (Lipinski definition) is 2. The summed E-state index contributed by atoms with van der Waals surface area (Å²) in [6, 6.07) is 3.68. The Morgan fingerprint density at radius 1 is 1.29 bits per heavy atom. The summed E-state index contributed by atoms with van der Waals surface area (Å²) >= 11 is 0. The van der Waals surface area contributed by atoms with Crippen LogP contribution in [0.4, 0.5) is 0 Å². The minimum atomic E-state index is 0.454. The molecule has 76 valence electrons. The molecule has 0 saturated heterocycles. The predicted octanol–water partition coefficient (Wildman–Crippen LogP) is 3.21. The molecule has 0 aliphatic heterocycles. The molecule has 2 heteroatoms. The van der Waals surface area contributed by atoms with Crippen molar-refractivity contribution in [2.24, 2.45) is 5.92 Å². The second-order valence-electron chi connectivity index (χ2n) is 4.13. The molecule has 1 heterocycles. The highest BCUT2D eigenvalue weighted by atomic mass is 16.3. The maximum atomic E-state index is 10.4. The first kappa shape index (κ1) is 9.50. The van der Waals surface area contributed by atoms with Crippen LogP contribution in [0.1, 0.15) is 48.4 Å². The van der Waals surface area contributed by atoms with Gasteiger partial charge in [0.1, 0.15) is 5.76 Å². The summed E-state index contributed by atoms with van der Waals surface area (Å²) in [6.45, 7) is 0. The third-order valence-corrected chi connectivity index (χ3v) is 3.01. The fraction of sp³-hybridized carbons (Fsp3) is 0.583. The Morgan fingerprint density at radius 3 is 2.71 bits per heavy atom. The fourth-order valence-electron chi connectivity index (χ4n) is 2.24. The molecule has 0 spiro atoms. The zero-order valence-corrected chi connectivity index (χ0v) is 8.37. The molecule has 1 aromatic heterocycles. The molecule has 0 unspecified atom stereocenters. The smallest absolute Gasteiger partial charge is 0.185 e. The van der Waals surface area contributed by atoms with Crippen molar-refractivity contribution in [1.82, 2.24) is 0 Å². The van der Waals surface area contributed by atoms with E-state index in [9.17, 15) is 4.79 Å². The first-order chi connectivity index (χ1) is 6.88. The van der Waals surface area contributed by atoms with Crippen LogP contribution in [0.3, 0.4) is 0 Å². The zero-order valence-electron chi connectivity index (χ0n) is 8.37. The van der Waals surface area contributed by atoms with Gasteiger partial charge in [0.05, 0.1) is 0 Å². The van der Waals surface area contributed by atoms with E-state index in [1.165, 1.54) is 32.1 Å². The predicted molar refractivity (Wildman–Crippen MR) is 54.4 cm³/mol. The Morgan fingerprint density at radius 2 is 2.07 bits per heavy atom. The van der Waals surface area contributed by atoms with Gasteiger partial charge in [0.15, 0.2) is 12.0 Å². The number of rotatable bonds is 3. The molecule has 1 aromatic rings. The standard InChI is InChI=1S/C12H16O2/c13-9-12-7-6-11(14-12)8-10-4-2-1-3-5-10/h6-7,9-10H,1-5,8H2. The fourth-order valence-corrected chi connectivity index (χ4v) is 2.24. The van der Waals surface area contributed by atoms with Gasteiger partial charge in [0.2, 0.25) is 0 Å². The highest BCUT2D eigenvalue weighted by Crippen LogP contribution is 2.27. The molecule has 2 nitrogen and oxygen atoms in total. The van der Waals surface area contributed by atoms with E-state index in [4.69, 9.17) is 4.42 Å². The summed E-state index contributed by atoms with van der Waals surface area (Å²) in [5.41, 5.74) is 0. The van der Waals surface area contributed by atoms with E-state index in [0.717, 1.165) is 24.4 Å². The van der Waals surface area contributed by atoms with E-state index in [1.54, 1.807) is 6.07 Å². The van der Waals surface area contributed by atoms with Gasteiger partial charge in [0, 0.05) is 6.42 Å². The molecule has 2 rings (SSSR count). The van der Waals surface area contributed by atoms with Crippen LogP contribution in [0.15, 0.2) is 16.5 Å². The highest BCUT2D eigenvalue weighted by molar-refractivity contribution is 5.70. The van der Waals surface area contributed by atoms with Crippen molar-refractivity contribution in [3.8, 4) is 0 Å². The Balaban J connectivity index is 1.92. The Labute approximate surface area is 84.3 Å². The zero-order chi connectivity index (χ0) is 9.80. The maximum absolute atomic E-state index is 10.4. The first-order valence-corrected chi connectivity index (χ1v) is 5.42. The lowest BCUT2D eigenvalue weighted by molar-refractivity contribution is 0.109. The summed E-state index contributed by atoms with van der Waals surface area (Å²) in [6.07, 6.45) is 8.50. The van der Waals surface area contributed by atoms with E-state index in [2.05, 4.69) is 0 Å². The molecule has 0 atom stereocenters. The Kier molecular flexibility index (Phi) is 3.02. The lowest BCUT2D eigenvalue weighted by Crippen LogP contribution is -2.08. The van der Waals surface area contributed by atoms with Crippen LogP contribution in [-0.4, -0.2) is 6.29 Å². The minimum absolute atomic E-state index is 0.454. The van der Waals surface area contributed by atoms with Crippen molar-refractivity contribution < 1.29 is 9.21 Å². The molecular formula is C12H16O2. The van der Waals surface area contributed by atoms with Crippen molar-refractivity contribution >= 4 is 6.29 Å². The van der Waals surface area contributed by atoms with Crippen LogP contribution < -0.4 is 0 Å². The molecule has 1 aliphatic rings. The van der Waals surface area contributed by atoms with Crippen molar-refractivity contribution in [1.29, 1.82) is 0 Å². The number of carbonyl (C=O) groups is 1. The van der Waals surface area contributed by atoms with Gasteiger partial charge >= 0.3 is 0 Å². The van der Waals surface area contributed by atoms with Crippen molar-refractivity contribution in [3.05, 3.63) is 23.7 Å². The second-order valence-corrected chi connectivity index (χ2v) is 4.13. The molecule has 1 fully saturated rings. The Bertz CT molecular complexity index is 295. The van der Waals surface area contributed by atoms with Gasteiger partial charge in [-0.3, -0.25) is 4.79 Å². The van der Waals surface area contributed by atoms with Crippen LogP contribution in [0.25, 0.3) is 0 Å². The summed E-state index contributed by atoms with van der Waals surface area (Å²) < 4.78 is 5.37. The quantitative estimate of drug-likeness (QED) is 0.688. The van der Waals surface area contributed by atoms with Crippen LogP contribution in [0.2, 0.25) is 0 Å². The third kappa shape index (κ3) is 2.25. The van der Waals surface area contributed by atoms with Crippen LogP contribution >= 0.6 is 0 Å². The topological polar surface area (TPSA) is 30.2 Å². The molecule has 0 amide bonds. The maximum Gasteiger partial charge on any atom is 0.185 e.